The number of ether oxygens (including phenoxy) is 1. The summed E-state index contributed by atoms with van der Waals surface area (Å²) in [5.74, 6) is 0. The fourth-order valence-electron chi connectivity index (χ4n) is 3.07. The molecule has 1 aromatic rings. The first-order valence-electron chi connectivity index (χ1n) is 8.38. The van der Waals surface area contributed by atoms with E-state index in [4.69, 9.17) is 4.74 Å². The highest BCUT2D eigenvalue weighted by atomic mass is 16.5. The van der Waals surface area contributed by atoms with Crippen molar-refractivity contribution in [2.45, 2.75) is 50.9 Å². The summed E-state index contributed by atoms with van der Waals surface area (Å²) in [6.45, 7) is 1.47. The normalized spacial score (nSPS) is 21.2. The molecule has 2 rings (SSSR count). The number of hydrogen-bond donors (Lipinski definition) is 2. The van der Waals surface area contributed by atoms with E-state index in [2.05, 4.69) is 53.9 Å². The number of methoxy groups -OCH3 is 1. The third-order valence-corrected chi connectivity index (χ3v) is 4.30. The fraction of sp³-hybridized carbons (Fsp3) is 0.611. The van der Waals surface area contributed by atoms with E-state index in [1.807, 2.05) is 0 Å². The summed E-state index contributed by atoms with van der Waals surface area (Å²) in [6.07, 6.45) is 4.48. The van der Waals surface area contributed by atoms with Crippen LogP contribution in [-0.4, -0.2) is 44.3 Å². The number of carbonyl (C=O) groups is 1. The SMILES string of the molecule is COC1CCCCC1NC(=O)NCc1ccc(CN(C)C)cc1. The van der Waals surface area contributed by atoms with Crippen LogP contribution >= 0.6 is 0 Å². The van der Waals surface area contributed by atoms with E-state index < -0.39 is 0 Å². The molecule has 0 saturated heterocycles. The lowest BCUT2D eigenvalue weighted by atomic mass is 9.92. The molecule has 0 bridgehead atoms. The van der Waals surface area contributed by atoms with Gasteiger partial charge < -0.3 is 20.3 Å². The third-order valence-electron chi connectivity index (χ3n) is 4.30. The molecule has 1 aliphatic rings. The van der Waals surface area contributed by atoms with Crippen molar-refractivity contribution in [3.8, 4) is 0 Å². The lowest BCUT2D eigenvalue weighted by Crippen LogP contribution is -2.49. The van der Waals surface area contributed by atoms with Crippen molar-refractivity contribution in [1.82, 2.24) is 15.5 Å². The van der Waals surface area contributed by atoms with Gasteiger partial charge in [-0.25, -0.2) is 4.79 Å². The lowest BCUT2D eigenvalue weighted by molar-refractivity contribution is 0.0452. The average molecular weight is 319 g/mol. The van der Waals surface area contributed by atoms with Crippen molar-refractivity contribution in [2.24, 2.45) is 0 Å². The molecule has 1 aliphatic carbocycles. The van der Waals surface area contributed by atoms with E-state index in [9.17, 15) is 4.79 Å². The van der Waals surface area contributed by atoms with Gasteiger partial charge in [0.1, 0.15) is 0 Å². The minimum atomic E-state index is -0.115. The number of amides is 2. The van der Waals surface area contributed by atoms with Crippen LogP contribution in [0.1, 0.15) is 36.8 Å². The first-order chi connectivity index (χ1) is 11.1. The van der Waals surface area contributed by atoms with E-state index in [1.54, 1.807) is 7.11 Å². The molecule has 0 aliphatic heterocycles. The molecule has 0 radical (unpaired) electrons. The van der Waals surface area contributed by atoms with Gasteiger partial charge in [0.15, 0.2) is 0 Å². The standard InChI is InChI=1S/C18H29N3O2/c1-21(2)13-15-10-8-14(9-11-15)12-19-18(22)20-16-6-4-5-7-17(16)23-3/h8-11,16-17H,4-7,12-13H2,1-3H3,(H2,19,20,22). The average Bonchev–Trinajstić information content (AvgIpc) is 2.54. The zero-order valence-corrected chi connectivity index (χ0v) is 14.5. The number of carbonyl (C=O) groups excluding carboxylic acids is 1. The predicted molar refractivity (Wildman–Crippen MR) is 92.3 cm³/mol. The molecule has 1 fully saturated rings. The van der Waals surface area contributed by atoms with Crippen molar-refractivity contribution in [1.29, 1.82) is 0 Å². The molecule has 5 nitrogen and oxygen atoms in total. The zero-order valence-electron chi connectivity index (χ0n) is 14.5. The van der Waals surface area contributed by atoms with Gasteiger partial charge >= 0.3 is 6.03 Å². The van der Waals surface area contributed by atoms with E-state index in [0.29, 0.717) is 6.54 Å². The summed E-state index contributed by atoms with van der Waals surface area (Å²) in [7, 11) is 5.83. The van der Waals surface area contributed by atoms with E-state index in [-0.39, 0.29) is 18.2 Å². The summed E-state index contributed by atoms with van der Waals surface area (Å²) in [6, 6.07) is 8.36. The predicted octanol–water partition coefficient (Wildman–Crippen LogP) is 2.51. The van der Waals surface area contributed by atoms with Crippen LogP contribution in [0, 0.1) is 0 Å². The largest absolute Gasteiger partial charge is 0.379 e. The molecule has 1 aromatic carbocycles. The van der Waals surface area contributed by atoms with Crippen LogP contribution in [0.4, 0.5) is 4.79 Å². The van der Waals surface area contributed by atoms with Gasteiger partial charge in [0, 0.05) is 20.2 Å². The number of benzene rings is 1. The second-order valence-electron chi connectivity index (χ2n) is 6.55. The maximum atomic E-state index is 12.1. The molecule has 2 unspecified atom stereocenters. The Morgan fingerprint density at radius 2 is 1.83 bits per heavy atom. The van der Waals surface area contributed by atoms with Crippen molar-refractivity contribution in [2.75, 3.05) is 21.2 Å². The highest BCUT2D eigenvalue weighted by molar-refractivity contribution is 5.74. The van der Waals surface area contributed by atoms with Gasteiger partial charge in [-0.2, -0.15) is 0 Å². The molecule has 2 amide bonds. The number of nitrogens with zero attached hydrogens (tertiary/aromatic N) is 1. The Hall–Kier alpha value is -1.59. The van der Waals surface area contributed by atoms with Crippen molar-refractivity contribution in [3.05, 3.63) is 35.4 Å². The first kappa shape index (κ1) is 17.8. The van der Waals surface area contributed by atoms with Crippen molar-refractivity contribution < 1.29 is 9.53 Å². The fourth-order valence-corrected chi connectivity index (χ4v) is 3.07. The Kier molecular flexibility index (Phi) is 6.86. The van der Waals surface area contributed by atoms with Crippen LogP contribution in [0.2, 0.25) is 0 Å². The Morgan fingerprint density at radius 1 is 1.17 bits per heavy atom. The smallest absolute Gasteiger partial charge is 0.315 e. The molecular formula is C18H29N3O2. The van der Waals surface area contributed by atoms with E-state index in [0.717, 1.165) is 31.4 Å². The quantitative estimate of drug-likeness (QED) is 0.847. The molecule has 1 saturated carbocycles. The van der Waals surface area contributed by atoms with E-state index in [1.165, 1.54) is 12.0 Å². The van der Waals surface area contributed by atoms with Gasteiger partial charge in [0.25, 0.3) is 0 Å². The van der Waals surface area contributed by atoms with E-state index >= 15 is 0 Å². The Morgan fingerprint density at radius 3 is 2.48 bits per heavy atom. The Bertz CT molecular complexity index is 488. The van der Waals surface area contributed by atoms with Gasteiger partial charge in [-0.05, 0) is 38.1 Å². The molecule has 0 spiro atoms. The summed E-state index contributed by atoms with van der Waals surface area (Å²) >= 11 is 0. The van der Waals surface area contributed by atoms with Crippen molar-refractivity contribution >= 4 is 6.03 Å². The van der Waals surface area contributed by atoms with Gasteiger partial charge in [0.05, 0.1) is 12.1 Å². The van der Waals surface area contributed by atoms with Crippen LogP contribution < -0.4 is 10.6 Å². The molecule has 0 heterocycles. The number of hydrogen-bond acceptors (Lipinski definition) is 3. The van der Waals surface area contributed by atoms with Gasteiger partial charge in [-0.1, -0.05) is 37.1 Å². The molecule has 2 atom stereocenters. The second-order valence-corrected chi connectivity index (χ2v) is 6.55. The Labute approximate surface area is 139 Å². The molecule has 23 heavy (non-hydrogen) atoms. The van der Waals surface area contributed by atoms with Crippen molar-refractivity contribution in [3.63, 3.8) is 0 Å². The topological polar surface area (TPSA) is 53.6 Å². The lowest BCUT2D eigenvalue weighted by Gasteiger charge is -2.31. The molecule has 2 N–H and O–H groups in total. The minimum Gasteiger partial charge on any atom is -0.379 e. The third kappa shape index (κ3) is 5.84. The van der Waals surface area contributed by atoms with Crippen LogP contribution in [0.25, 0.3) is 0 Å². The molecule has 128 valence electrons. The highest BCUT2D eigenvalue weighted by Crippen LogP contribution is 2.20. The number of urea groups is 1. The summed E-state index contributed by atoms with van der Waals surface area (Å²) in [4.78, 5) is 14.2. The van der Waals surface area contributed by atoms with Gasteiger partial charge in [0.2, 0.25) is 0 Å². The van der Waals surface area contributed by atoms with Gasteiger partial charge in [-0.15, -0.1) is 0 Å². The summed E-state index contributed by atoms with van der Waals surface area (Å²) < 4.78 is 5.47. The number of rotatable bonds is 6. The first-order valence-corrected chi connectivity index (χ1v) is 8.38. The van der Waals surface area contributed by atoms with Crippen LogP contribution in [0.5, 0.6) is 0 Å². The molecular weight excluding hydrogens is 290 g/mol. The van der Waals surface area contributed by atoms with Crippen LogP contribution in [0.15, 0.2) is 24.3 Å². The maximum absolute atomic E-state index is 12.1. The van der Waals surface area contributed by atoms with Crippen LogP contribution in [-0.2, 0) is 17.8 Å². The monoisotopic (exact) mass is 319 g/mol. The summed E-state index contributed by atoms with van der Waals surface area (Å²) in [5, 5.41) is 5.98. The highest BCUT2D eigenvalue weighted by Gasteiger charge is 2.26. The zero-order chi connectivity index (χ0) is 16.7. The molecule has 5 heteroatoms. The number of nitrogens with one attached hydrogen (secondary N) is 2. The maximum Gasteiger partial charge on any atom is 0.315 e. The molecule has 0 aromatic heterocycles. The minimum absolute atomic E-state index is 0.115. The van der Waals surface area contributed by atoms with Gasteiger partial charge in [-0.3, -0.25) is 0 Å². The summed E-state index contributed by atoms with van der Waals surface area (Å²) in [5.41, 5.74) is 2.38. The van der Waals surface area contributed by atoms with Crippen LogP contribution in [0.3, 0.4) is 0 Å². The Balaban J connectivity index is 1.77. The second kappa shape index (κ2) is 8.89.